The predicted octanol–water partition coefficient (Wildman–Crippen LogP) is 4.28. The van der Waals surface area contributed by atoms with Gasteiger partial charge in [0.1, 0.15) is 5.57 Å². The van der Waals surface area contributed by atoms with E-state index in [1.165, 1.54) is 0 Å². The van der Waals surface area contributed by atoms with E-state index in [0.29, 0.717) is 5.56 Å². The summed E-state index contributed by atoms with van der Waals surface area (Å²) in [5, 5.41) is 0. The Balaban J connectivity index is 2.40. The molecule has 2 aromatic carbocycles. The van der Waals surface area contributed by atoms with Gasteiger partial charge in [-0.2, -0.15) is 0 Å². The van der Waals surface area contributed by atoms with E-state index in [0.717, 1.165) is 10.0 Å². The summed E-state index contributed by atoms with van der Waals surface area (Å²) in [5.74, 6) is -0.957. The molecule has 0 fully saturated rings. The molecule has 2 rings (SSSR count). The minimum atomic E-state index is -0.612. The molecule has 0 bridgehead atoms. The Hall–Kier alpha value is -2.20. The number of rotatable bonds is 5. The molecule has 2 aromatic rings. The molecule has 0 saturated carbocycles. The lowest BCUT2D eigenvalue weighted by molar-refractivity contribution is -0.137. The highest BCUT2D eigenvalue weighted by atomic mass is 79.9. The molecule has 0 N–H and O–H groups in total. The molecule has 0 saturated heterocycles. The van der Waals surface area contributed by atoms with Crippen molar-refractivity contribution in [1.29, 1.82) is 0 Å². The van der Waals surface area contributed by atoms with E-state index in [1.807, 2.05) is 30.3 Å². The van der Waals surface area contributed by atoms with Crippen LogP contribution in [0.5, 0.6) is 0 Å². The molecule has 3 nitrogen and oxygen atoms in total. The predicted molar refractivity (Wildman–Crippen MR) is 89.5 cm³/mol. The van der Waals surface area contributed by atoms with E-state index in [4.69, 9.17) is 4.74 Å². The van der Waals surface area contributed by atoms with E-state index in [2.05, 4.69) is 15.9 Å². The normalized spacial score (nSPS) is 11.1. The van der Waals surface area contributed by atoms with Crippen LogP contribution in [0, 0.1) is 0 Å². The van der Waals surface area contributed by atoms with Crippen molar-refractivity contribution in [3.05, 3.63) is 75.8 Å². The molecule has 0 aliphatic heterocycles. The lowest BCUT2D eigenvalue weighted by Gasteiger charge is -2.07. The van der Waals surface area contributed by atoms with Crippen molar-refractivity contribution >= 4 is 33.8 Å². The number of carbonyl (C=O) groups is 2. The molecular weight excluding hydrogens is 344 g/mol. The molecule has 22 heavy (non-hydrogen) atoms. The zero-order chi connectivity index (χ0) is 15.9. The van der Waals surface area contributed by atoms with Gasteiger partial charge in [-0.1, -0.05) is 58.4 Å². The third-order valence-electron chi connectivity index (χ3n) is 2.96. The Morgan fingerprint density at radius 3 is 2.27 bits per heavy atom. The fraction of sp³-hybridized carbons (Fsp3) is 0.111. The fourth-order valence-electron chi connectivity index (χ4n) is 1.90. The summed E-state index contributed by atoms with van der Waals surface area (Å²) < 4.78 is 5.93. The summed E-state index contributed by atoms with van der Waals surface area (Å²) in [6.07, 6.45) is 1.56. The topological polar surface area (TPSA) is 43.4 Å². The fourth-order valence-corrected chi connectivity index (χ4v) is 2.16. The van der Waals surface area contributed by atoms with Gasteiger partial charge < -0.3 is 4.74 Å². The van der Waals surface area contributed by atoms with Crippen molar-refractivity contribution < 1.29 is 14.3 Å². The monoisotopic (exact) mass is 358 g/mol. The van der Waals surface area contributed by atoms with Crippen molar-refractivity contribution in [3.8, 4) is 0 Å². The Kier molecular flexibility index (Phi) is 5.67. The average molecular weight is 359 g/mol. The van der Waals surface area contributed by atoms with Crippen LogP contribution in [-0.2, 0) is 9.53 Å². The molecule has 0 radical (unpaired) electrons. The summed E-state index contributed by atoms with van der Waals surface area (Å²) in [7, 11) is 0. The van der Waals surface area contributed by atoms with Crippen LogP contribution >= 0.6 is 15.9 Å². The maximum Gasteiger partial charge on any atom is 0.342 e. The van der Waals surface area contributed by atoms with Gasteiger partial charge in [0.15, 0.2) is 5.78 Å². The summed E-state index contributed by atoms with van der Waals surface area (Å²) in [5.41, 5.74) is 1.24. The highest BCUT2D eigenvalue weighted by molar-refractivity contribution is 9.10. The minimum Gasteiger partial charge on any atom is -0.462 e. The molecule has 0 aromatic heterocycles. The Labute approximate surface area is 137 Å². The third kappa shape index (κ3) is 4.15. The van der Waals surface area contributed by atoms with Crippen LogP contribution in [0.3, 0.4) is 0 Å². The molecule has 0 spiro atoms. The molecule has 112 valence electrons. The molecule has 0 aliphatic rings. The first kappa shape index (κ1) is 16.2. The van der Waals surface area contributed by atoms with Crippen molar-refractivity contribution in [2.24, 2.45) is 0 Å². The highest BCUT2D eigenvalue weighted by Gasteiger charge is 2.20. The summed E-state index contributed by atoms with van der Waals surface area (Å²) in [6.45, 7) is 1.93. The summed E-state index contributed by atoms with van der Waals surface area (Å²) in [6, 6.07) is 16.0. The minimum absolute atomic E-state index is 0.0235. The van der Waals surface area contributed by atoms with E-state index in [9.17, 15) is 9.59 Å². The van der Waals surface area contributed by atoms with E-state index in [1.54, 1.807) is 37.3 Å². The Bertz CT molecular complexity index is 688. The number of Topliss-reactive ketones (excluding diaryl/α,β-unsaturated/α-hetero) is 1. The molecule has 4 heteroatoms. The number of hydrogen-bond acceptors (Lipinski definition) is 3. The zero-order valence-corrected chi connectivity index (χ0v) is 13.7. The zero-order valence-electron chi connectivity index (χ0n) is 12.1. The number of esters is 1. The molecule has 0 heterocycles. The number of halogens is 1. The number of benzene rings is 2. The molecule has 0 amide bonds. The van der Waals surface area contributed by atoms with Gasteiger partial charge in [0, 0.05) is 10.0 Å². The van der Waals surface area contributed by atoms with Crippen LogP contribution in [0.15, 0.2) is 64.6 Å². The van der Waals surface area contributed by atoms with Crippen LogP contribution in [0.4, 0.5) is 0 Å². The standard InChI is InChI=1S/C18H15BrO3/c1-2-22-18(21)16(12-13-8-10-15(19)11-9-13)17(20)14-6-4-3-5-7-14/h3-12H,2H2,1H3. The van der Waals surface area contributed by atoms with Crippen LogP contribution < -0.4 is 0 Å². The lowest BCUT2D eigenvalue weighted by Crippen LogP contribution is -2.16. The van der Waals surface area contributed by atoms with Gasteiger partial charge >= 0.3 is 5.97 Å². The Morgan fingerprint density at radius 1 is 1.05 bits per heavy atom. The van der Waals surface area contributed by atoms with Gasteiger partial charge in [0.25, 0.3) is 0 Å². The molecular formula is C18H15BrO3. The van der Waals surface area contributed by atoms with Gasteiger partial charge in [-0.25, -0.2) is 4.79 Å². The Morgan fingerprint density at radius 2 is 1.68 bits per heavy atom. The quantitative estimate of drug-likeness (QED) is 0.263. The first-order valence-corrected chi connectivity index (χ1v) is 7.65. The van der Waals surface area contributed by atoms with E-state index < -0.39 is 5.97 Å². The average Bonchev–Trinajstić information content (AvgIpc) is 2.54. The van der Waals surface area contributed by atoms with E-state index in [-0.39, 0.29) is 18.0 Å². The van der Waals surface area contributed by atoms with Crippen molar-refractivity contribution in [2.45, 2.75) is 6.92 Å². The number of ether oxygens (including phenoxy) is 1. The van der Waals surface area contributed by atoms with Crippen molar-refractivity contribution in [3.63, 3.8) is 0 Å². The maximum absolute atomic E-state index is 12.6. The van der Waals surface area contributed by atoms with Gasteiger partial charge in [0.05, 0.1) is 6.61 Å². The van der Waals surface area contributed by atoms with Gasteiger partial charge in [-0.3, -0.25) is 4.79 Å². The van der Waals surface area contributed by atoms with Crippen molar-refractivity contribution in [1.82, 2.24) is 0 Å². The number of hydrogen-bond donors (Lipinski definition) is 0. The second-order valence-electron chi connectivity index (χ2n) is 4.53. The number of ketones is 1. The van der Waals surface area contributed by atoms with Gasteiger partial charge in [-0.15, -0.1) is 0 Å². The second kappa shape index (κ2) is 7.71. The first-order valence-electron chi connectivity index (χ1n) is 6.86. The second-order valence-corrected chi connectivity index (χ2v) is 5.44. The molecule has 0 atom stereocenters. The molecule has 0 unspecified atom stereocenters. The summed E-state index contributed by atoms with van der Waals surface area (Å²) >= 11 is 3.35. The maximum atomic E-state index is 12.6. The van der Waals surface area contributed by atoms with Crippen LogP contribution in [-0.4, -0.2) is 18.4 Å². The molecule has 0 aliphatic carbocycles. The SMILES string of the molecule is CCOC(=O)C(=Cc1ccc(Br)cc1)C(=O)c1ccccc1. The van der Waals surface area contributed by atoms with Crippen molar-refractivity contribution in [2.75, 3.05) is 6.61 Å². The van der Waals surface area contributed by atoms with E-state index >= 15 is 0 Å². The number of carbonyl (C=O) groups excluding carboxylic acids is 2. The summed E-state index contributed by atoms with van der Waals surface area (Å²) in [4.78, 5) is 24.7. The van der Waals surface area contributed by atoms with Gasteiger partial charge in [-0.05, 0) is 30.7 Å². The van der Waals surface area contributed by atoms with Crippen LogP contribution in [0.2, 0.25) is 0 Å². The van der Waals surface area contributed by atoms with Crippen LogP contribution in [0.25, 0.3) is 6.08 Å². The van der Waals surface area contributed by atoms with Crippen LogP contribution in [0.1, 0.15) is 22.8 Å². The third-order valence-corrected chi connectivity index (χ3v) is 3.49. The first-order chi connectivity index (χ1) is 10.6. The largest absolute Gasteiger partial charge is 0.462 e. The highest BCUT2D eigenvalue weighted by Crippen LogP contribution is 2.17. The van der Waals surface area contributed by atoms with Gasteiger partial charge in [0.2, 0.25) is 0 Å². The smallest absolute Gasteiger partial charge is 0.342 e. The lowest BCUT2D eigenvalue weighted by atomic mass is 10.0.